The molecule has 0 aliphatic heterocycles. The molecule has 1 aromatic rings. The number of anilines is 1. The van der Waals surface area contributed by atoms with Crippen LogP contribution < -0.4 is 9.84 Å². The first-order valence-corrected chi connectivity index (χ1v) is 11.0. The van der Waals surface area contributed by atoms with Gasteiger partial charge >= 0.3 is 0 Å². The minimum atomic E-state index is -3.54. The predicted octanol–water partition coefficient (Wildman–Crippen LogP) is 1.83. The zero-order valence-electron chi connectivity index (χ0n) is 15.5. The zero-order valence-corrected chi connectivity index (χ0v) is 16.4. The van der Waals surface area contributed by atoms with E-state index in [-0.39, 0.29) is 0 Å². The van der Waals surface area contributed by atoms with E-state index in [0.29, 0.717) is 37.1 Å². The molecule has 1 saturated carbocycles. The fourth-order valence-electron chi connectivity index (χ4n) is 2.97. The number of hydrogen-bond acceptors (Lipinski definition) is 6. The van der Waals surface area contributed by atoms with Gasteiger partial charge in [-0.2, -0.15) is 0 Å². The quantitative estimate of drug-likeness (QED) is 0.228. The van der Waals surface area contributed by atoms with Gasteiger partial charge in [-0.3, -0.25) is 0 Å². The minimum absolute atomic E-state index is 0.318. The van der Waals surface area contributed by atoms with Gasteiger partial charge in [0, 0.05) is 13.0 Å². The van der Waals surface area contributed by atoms with Gasteiger partial charge in [0.1, 0.15) is 12.4 Å². The fraction of sp³-hybridized carbons (Fsp3) is 0.526. The molecule has 1 unspecified atom stereocenters. The Bertz CT molecular complexity index is 742. The Kier molecular flexibility index (Phi) is 7.55. The third-order valence-electron chi connectivity index (χ3n) is 4.72. The Morgan fingerprint density at radius 2 is 1.89 bits per heavy atom. The predicted molar refractivity (Wildman–Crippen MR) is 105 cm³/mol. The Hall–Kier alpha value is -1.74. The molecular formula is C19H28N2O5S. The number of aliphatic hydroxyl groups excluding tert-OH is 1. The molecule has 0 amide bonds. The van der Waals surface area contributed by atoms with Crippen LogP contribution in [0.15, 0.2) is 36.4 Å². The number of benzene rings is 1. The van der Waals surface area contributed by atoms with Crippen molar-refractivity contribution in [1.82, 2.24) is 5.43 Å². The van der Waals surface area contributed by atoms with Crippen LogP contribution in [0.1, 0.15) is 50.2 Å². The van der Waals surface area contributed by atoms with E-state index >= 15 is 0 Å². The van der Waals surface area contributed by atoms with E-state index in [1.165, 1.54) is 0 Å². The van der Waals surface area contributed by atoms with Gasteiger partial charge in [-0.1, -0.05) is 24.3 Å². The van der Waals surface area contributed by atoms with Crippen molar-refractivity contribution < 1.29 is 23.4 Å². The number of carbonyl (C=O) groups is 1. The molecule has 27 heavy (non-hydrogen) atoms. The summed E-state index contributed by atoms with van der Waals surface area (Å²) in [5.41, 5.74) is 2.75. The molecule has 8 heteroatoms. The summed E-state index contributed by atoms with van der Waals surface area (Å²) in [6.07, 6.45) is 8.77. The summed E-state index contributed by atoms with van der Waals surface area (Å²) in [6.45, 7) is 0.318. The lowest BCUT2D eigenvalue weighted by Gasteiger charge is -2.40. The van der Waals surface area contributed by atoms with Crippen LogP contribution in [0.4, 0.5) is 5.69 Å². The molecule has 0 bridgehead atoms. The monoisotopic (exact) mass is 396 g/mol. The van der Waals surface area contributed by atoms with E-state index in [1.807, 2.05) is 12.2 Å². The van der Waals surface area contributed by atoms with Gasteiger partial charge in [-0.05, 0) is 49.8 Å². The van der Waals surface area contributed by atoms with Crippen molar-refractivity contribution in [2.24, 2.45) is 0 Å². The van der Waals surface area contributed by atoms with Crippen molar-refractivity contribution in [3.8, 4) is 0 Å². The first-order chi connectivity index (χ1) is 12.8. The first-order valence-electron chi connectivity index (χ1n) is 9.11. The number of allylic oxidation sites excluding steroid dienone is 1. The maximum atomic E-state index is 12.1. The number of aldehydes is 1. The summed E-state index contributed by atoms with van der Waals surface area (Å²) >= 11 is 0. The summed E-state index contributed by atoms with van der Waals surface area (Å²) in [6, 6.07) is 6.46. The largest absolute Gasteiger partial charge is 0.387 e. The molecule has 0 spiro atoms. The smallest absolute Gasteiger partial charge is 0.245 e. The van der Waals surface area contributed by atoms with Crippen molar-refractivity contribution in [3.05, 3.63) is 42.0 Å². The molecule has 0 radical (unpaired) electrons. The molecule has 1 aromatic carbocycles. The van der Waals surface area contributed by atoms with Crippen molar-refractivity contribution in [2.45, 2.75) is 50.2 Å². The number of carbonyl (C=O) groups excluding carboxylic acids is 1. The van der Waals surface area contributed by atoms with Gasteiger partial charge in [-0.25, -0.2) is 18.3 Å². The van der Waals surface area contributed by atoms with Crippen LogP contribution in [0.2, 0.25) is 0 Å². The van der Waals surface area contributed by atoms with Crippen molar-refractivity contribution >= 4 is 22.0 Å². The fourth-order valence-corrected chi connectivity index (χ4v) is 3.78. The average Bonchev–Trinajstić information content (AvgIpc) is 2.60. The van der Waals surface area contributed by atoms with E-state index < -0.39 is 21.7 Å². The minimum Gasteiger partial charge on any atom is -0.387 e. The van der Waals surface area contributed by atoms with Crippen LogP contribution in [-0.4, -0.2) is 43.3 Å². The number of aliphatic hydroxyl groups is 2. The van der Waals surface area contributed by atoms with E-state index in [9.17, 15) is 23.4 Å². The van der Waals surface area contributed by atoms with E-state index in [1.54, 1.807) is 24.3 Å². The molecule has 0 aromatic heterocycles. The van der Waals surface area contributed by atoms with Crippen LogP contribution >= 0.6 is 0 Å². The van der Waals surface area contributed by atoms with Crippen LogP contribution in [0.25, 0.3) is 0 Å². The molecule has 1 aliphatic rings. The Labute approximate surface area is 160 Å². The highest BCUT2D eigenvalue weighted by Gasteiger charge is 2.42. The molecular weight excluding hydrogens is 368 g/mol. The second-order valence-corrected chi connectivity index (χ2v) is 8.74. The summed E-state index contributed by atoms with van der Waals surface area (Å²) in [4.78, 5) is 10.3. The lowest BCUT2D eigenvalue weighted by molar-refractivity contribution is -0.127. The van der Waals surface area contributed by atoms with Crippen molar-refractivity contribution in [2.75, 3.05) is 17.2 Å². The highest BCUT2D eigenvalue weighted by atomic mass is 32.2. The van der Waals surface area contributed by atoms with Crippen LogP contribution in [0.3, 0.4) is 0 Å². The molecule has 7 nitrogen and oxygen atoms in total. The summed E-state index contributed by atoms with van der Waals surface area (Å²) in [7, 11) is -3.54. The van der Waals surface area contributed by atoms with Crippen LogP contribution in [-0.2, 0) is 14.8 Å². The zero-order chi connectivity index (χ0) is 19.9. The Balaban J connectivity index is 2.01. The Morgan fingerprint density at radius 3 is 2.41 bits per heavy atom. The molecule has 0 saturated heterocycles. The van der Waals surface area contributed by atoms with Gasteiger partial charge < -0.3 is 15.0 Å². The number of hydrogen-bond donors (Lipinski definition) is 3. The van der Waals surface area contributed by atoms with Crippen LogP contribution in [0, 0.1) is 0 Å². The molecule has 3 N–H and O–H groups in total. The molecule has 2 rings (SSSR count). The number of sulfonamides is 1. The van der Waals surface area contributed by atoms with Gasteiger partial charge in [0.25, 0.3) is 0 Å². The average molecular weight is 397 g/mol. The number of nitrogens with one attached hydrogen (secondary N) is 1. The number of hydrazine groups is 1. The Morgan fingerprint density at radius 1 is 1.22 bits per heavy atom. The van der Waals surface area contributed by atoms with Gasteiger partial charge in [0.15, 0.2) is 0 Å². The second-order valence-electron chi connectivity index (χ2n) is 6.91. The maximum Gasteiger partial charge on any atom is 0.245 e. The first kappa shape index (κ1) is 21.6. The second kappa shape index (κ2) is 9.45. The number of unbranched alkanes of at least 4 members (excludes halogenated alkanes) is 2. The highest BCUT2D eigenvalue weighted by Crippen LogP contribution is 2.42. The standard InChI is InChI=1S/C19H28N2O5S/c1-27(25,26)21(20-14-5-3-2-4-6-15-22)17-10-8-16(9-11-17)18(23)19(24)12-7-13-19/h3,5,8-11,15,18,20,23-24H,2,4,6-7,12-14H2,1H3/b5-3-. The molecule has 1 atom stereocenters. The molecule has 150 valence electrons. The van der Waals surface area contributed by atoms with Gasteiger partial charge in [-0.15, -0.1) is 0 Å². The topological polar surface area (TPSA) is 107 Å². The molecule has 1 aliphatic carbocycles. The lowest BCUT2D eigenvalue weighted by atomic mass is 9.74. The van der Waals surface area contributed by atoms with Gasteiger partial charge in [0.05, 0.1) is 17.5 Å². The third kappa shape index (κ3) is 5.87. The van der Waals surface area contributed by atoms with E-state index in [4.69, 9.17) is 0 Å². The SMILES string of the molecule is CS(=O)(=O)N(NC/C=C\CCCC=O)c1ccc(C(O)C2(O)CCC2)cc1. The number of rotatable bonds is 11. The van der Waals surface area contributed by atoms with Crippen LogP contribution in [0.5, 0.6) is 0 Å². The summed E-state index contributed by atoms with van der Waals surface area (Å²) in [5, 5.41) is 20.6. The third-order valence-corrected chi connectivity index (χ3v) is 5.72. The van der Waals surface area contributed by atoms with E-state index in [2.05, 4.69) is 5.43 Å². The van der Waals surface area contributed by atoms with Gasteiger partial charge in [0.2, 0.25) is 10.0 Å². The highest BCUT2D eigenvalue weighted by molar-refractivity contribution is 7.92. The van der Waals surface area contributed by atoms with Crippen molar-refractivity contribution in [3.63, 3.8) is 0 Å². The lowest BCUT2D eigenvalue weighted by Crippen LogP contribution is -2.43. The molecule has 1 fully saturated rings. The normalized spacial score (nSPS) is 17.4. The maximum absolute atomic E-state index is 12.1. The number of nitrogens with zero attached hydrogens (tertiary/aromatic N) is 1. The van der Waals surface area contributed by atoms with Crippen molar-refractivity contribution in [1.29, 1.82) is 0 Å². The van der Waals surface area contributed by atoms with E-state index in [0.717, 1.165) is 36.2 Å². The summed E-state index contributed by atoms with van der Waals surface area (Å²) < 4.78 is 25.2. The molecule has 0 heterocycles. The summed E-state index contributed by atoms with van der Waals surface area (Å²) in [5.74, 6) is 0.